The standard InChI is InChI=1S/C15H18N2OS/c16-13-8-6-12(7-9-13)11-17-15(18)5-1-3-14-4-2-10-19-14/h2,4,6-10H,1,3,5,11,16H2,(H,17,18). The van der Waals surface area contributed by atoms with Gasteiger partial charge in [0.15, 0.2) is 0 Å². The molecule has 0 radical (unpaired) electrons. The van der Waals surface area contributed by atoms with Crippen molar-refractivity contribution in [2.75, 3.05) is 5.73 Å². The van der Waals surface area contributed by atoms with E-state index in [0.717, 1.165) is 24.1 Å². The number of carbonyl (C=O) groups excluding carboxylic acids is 1. The molecule has 2 aromatic rings. The first-order valence-electron chi connectivity index (χ1n) is 6.37. The third-order valence-electron chi connectivity index (χ3n) is 2.88. The third-order valence-corrected chi connectivity index (χ3v) is 3.81. The third kappa shape index (κ3) is 4.75. The zero-order valence-corrected chi connectivity index (χ0v) is 11.6. The van der Waals surface area contributed by atoms with Gasteiger partial charge < -0.3 is 11.1 Å². The fraction of sp³-hybridized carbons (Fsp3) is 0.267. The highest BCUT2D eigenvalue weighted by atomic mass is 32.1. The minimum atomic E-state index is 0.105. The number of rotatable bonds is 6. The number of nitrogens with two attached hydrogens (primary N) is 1. The highest BCUT2D eigenvalue weighted by Crippen LogP contribution is 2.12. The van der Waals surface area contributed by atoms with Gasteiger partial charge in [-0.2, -0.15) is 0 Å². The lowest BCUT2D eigenvalue weighted by Crippen LogP contribution is -2.22. The van der Waals surface area contributed by atoms with Gasteiger partial charge in [0.1, 0.15) is 0 Å². The van der Waals surface area contributed by atoms with Crippen molar-refractivity contribution in [1.29, 1.82) is 0 Å². The lowest BCUT2D eigenvalue weighted by Gasteiger charge is -2.05. The van der Waals surface area contributed by atoms with Gasteiger partial charge in [0, 0.05) is 23.5 Å². The molecule has 0 spiro atoms. The zero-order chi connectivity index (χ0) is 13.5. The van der Waals surface area contributed by atoms with E-state index in [0.29, 0.717) is 13.0 Å². The summed E-state index contributed by atoms with van der Waals surface area (Å²) in [6.45, 7) is 0.568. The Morgan fingerprint density at radius 2 is 2.00 bits per heavy atom. The summed E-state index contributed by atoms with van der Waals surface area (Å²) in [5, 5.41) is 4.99. The molecular weight excluding hydrogens is 256 g/mol. The lowest BCUT2D eigenvalue weighted by atomic mass is 10.2. The predicted octanol–water partition coefficient (Wildman–Crippen LogP) is 2.97. The van der Waals surface area contributed by atoms with E-state index in [4.69, 9.17) is 5.73 Å². The Morgan fingerprint density at radius 1 is 1.21 bits per heavy atom. The quantitative estimate of drug-likeness (QED) is 0.796. The SMILES string of the molecule is Nc1ccc(CNC(=O)CCCc2cccs2)cc1. The topological polar surface area (TPSA) is 55.1 Å². The number of benzene rings is 1. The largest absolute Gasteiger partial charge is 0.399 e. The van der Waals surface area contributed by atoms with E-state index < -0.39 is 0 Å². The maximum Gasteiger partial charge on any atom is 0.220 e. The minimum absolute atomic E-state index is 0.105. The number of anilines is 1. The summed E-state index contributed by atoms with van der Waals surface area (Å²) >= 11 is 1.74. The highest BCUT2D eigenvalue weighted by Gasteiger charge is 2.02. The van der Waals surface area contributed by atoms with Crippen molar-refractivity contribution in [3.63, 3.8) is 0 Å². The monoisotopic (exact) mass is 274 g/mol. The molecule has 0 unspecified atom stereocenters. The second kappa shape index (κ2) is 6.95. The van der Waals surface area contributed by atoms with Crippen molar-refractivity contribution >= 4 is 22.9 Å². The number of aryl methyl sites for hydroxylation is 1. The molecule has 1 heterocycles. The number of nitrogens with one attached hydrogen (secondary N) is 1. The van der Waals surface area contributed by atoms with Crippen LogP contribution in [-0.2, 0) is 17.8 Å². The van der Waals surface area contributed by atoms with Crippen LogP contribution in [0.1, 0.15) is 23.3 Å². The van der Waals surface area contributed by atoms with Crippen LogP contribution in [0, 0.1) is 0 Å². The molecule has 100 valence electrons. The Morgan fingerprint density at radius 3 is 2.68 bits per heavy atom. The second-order valence-corrected chi connectivity index (χ2v) is 5.48. The smallest absolute Gasteiger partial charge is 0.220 e. The predicted molar refractivity (Wildman–Crippen MR) is 80.0 cm³/mol. The van der Waals surface area contributed by atoms with E-state index in [-0.39, 0.29) is 5.91 Å². The molecule has 0 saturated heterocycles. The van der Waals surface area contributed by atoms with Gasteiger partial charge in [-0.25, -0.2) is 0 Å². The summed E-state index contributed by atoms with van der Waals surface area (Å²) in [6.07, 6.45) is 2.45. The molecule has 0 fully saturated rings. The van der Waals surface area contributed by atoms with Crippen molar-refractivity contribution in [2.24, 2.45) is 0 Å². The van der Waals surface area contributed by atoms with Crippen molar-refractivity contribution in [3.05, 3.63) is 52.2 Å². The maximum absolute atomic E-state index is 11.7. The summed E-state index contributed by atoms with van der Waals surface area (Å²) in [6, 6.07) is 11.7. The fourth-order valence-electron chi connectivity index (χ4n) is 1.80. The van der Waals surface area contributed by atoms with Gasteiger partial charge in [-0.1, -0.05) is 18.2 Å². The molecule has 3 N–H and O–H groups in total. The summed E-state index contributed by atoms with van der Waals surface area (Å²) in [7, 11) is 0. The van der Waals surface area contributed by atoms with E-state index in [2.05, 4.69) is 16.8 Å². The molecule has 0 saturated carbocycles. The molecule has 2 rings (SSSR count). The van der Waals surface area contributed by atoms with Crippen LogP contribution in [0.5, 0.6) is 0 Å². The first-order valence-corrected chi connectivity index (χ1v) is 7.25. The number of hydrogen-bond donors (Lipinski definition) is 2. The Balaban J connectivity index is 1.65. The van der Waals surface area contributed by atoms with Crippen LogP contribution >= 0.6 is 11.3 Å². The Hall–Kier alpha value is -1.81. The van der Waals surface area contributed by atoms with E-state index >= 15 is 0 Å². The fourth-order valence-corrected chi connectivity index (χ4v) is 2.55. The van der Waals surface area contributed by atoms with Crippen LogP contribution in [0.4, 0.5) is 5.69 Å². The van der Waals surface area contributed by atoms with Crippen LogP contribution in [0.3, 0.4) is 0 Å². The van der Waals surface area contributed by atoms with Gasteiger partial charge in [-0.3, -0.25) is 4.79 Å². The average Bonchev–Trinajstić information content (AvgIpc) is 2.91. The van der Waals surface area contributed by atoms with Gasteiger partial charge >= 0.3 is 0 Å². The molecule has 0 aliphatic heterocycles. The molecule has 3 nitrogen and oxygen atoms in total. The van der Waals surface area contributed by atoms with Crippen LogP contribution in [0.25, 0.3) is 0 Å². The number of carbonyl (C=O) groups is 1. The summed E-state index contributed by atoms with van der Waals surface area (Å²) in [4.78, 5) is 13.0. The van der Waals surface area contributed by atoms with E-state index in [9.17, 15) is 4.79 Å². The first kappa shape index (κ1) is 13.6. The molecular formula is C15H18N2OS. The van der Waals surface area contributed by atoms with Crippen molar-refractivity contribution in [1.82, 2.24) is 5.32 Å². The molecule has 19 heavy (non-hydrogen) atoms. The Labute approximate surface area is 117 Å². The molecule has 1 aromatic carbocycles. The molecule has 0 aliphatic rings. The van der Waals surface area contributed by atoms with Gasteiger partial charge in [0.25, 0.3) is 0 Å². The molecule has 0 bridgehead atoms. The van der Waals surface area contributed by atoms with Gasteiger partial charge in [0.05, 0.1) is 0 Å². The van der Waals surface area contributed by atoms with Crippen LogP contribution in [-0.4, -0.2) is 5.91 Å². The van der Waals surface area contributed by atoms with Crippen molar-refractivity contribution < 1.29 is 4.79 Å². The summed E-state index contributed by atoms with van der Waals surface area (Å²) in [5.74, 6) is 0.105. The Kier molecular flexibility index (Phi) is 4.98. The number of amides is 1. The maximum atomic E-state index is 11.7. The van der Waals surface area contributed by atoms with Gasteiger partial charge in [0.2, 0.25) is 5.91 Å². The van der Waals surface area contributed by atoms with Gasteiger partial charge in [-0.15, -0.1) is 11.3 Å². The van der Waals surface area contributed by atoms with Crippen LogP contribution < -0.4 is 11.1 Å². The molecule has 0 atom stereocenters. The average molecular weight is 274 g/mol. The summed E-state index contributed by atoms with van der Waals surface area (Å²) < 4.78 is 0. The van der Waals surface area contributed by atoms with E-state index in [1.54, 1.807) is 11.3 Å². The van der Waals surface area contributed by atoms with Crippen LogP contribution in [0.15, 0.2) is 41.8 Å². The van der Waals surface area contributed by atoms with Crippen molar-refractivity contribution in [3.8, 4) is 0 Å². The minimum Gasteiger partial charge on any atom is -0.399 e. The molecule has 1 aromatic heterocycles. The van der Waals surface area contributed by atoms with Crippen molar-refractivity contribution in [2.45, 2.75) is 25.8 Å². The molecule has 0 aliphatic carbocycles. The number of hydrogen-bond acceptors (Lipinski definition) is 3. The number of nitrogen functional groups attached to an aromatic ring is 1. The summed E-state index contributed by atoms with van der Waals surface area (Å²) in [5.41, 5.74) is 7.42. The second-order valence-electron chi connectivity index (χ2n) is 4.45. The zero-order valence-electron chi connectivity index (χ0n) is 10.8. The Bertz CT molecular complexity index is 505. The van der Waals surface area contributed by atoms with Gasteiger partial charge in [-0.05, 0) is 42.0 Å². The molecule has 4 heteroatoms. The normalized spacial score (nSPS) is 10.3. The molecule has 1 amide bonds. The first-order chi connectivity index (χ1) is 9.24. The van der Waals surface area contributed by atoms with E-state index in [1.165, 1.54) is 4.88 Å². The lowest BCUT2D eigenvalue weighted by molar-refractivity contribution is -0.121. The van der Waals surface area contributed by atoms with E-state index in [1.807, 2.05) is 30.3 Å². The van der Waals surface area contributed by atoms with Crippen LogP contribution in [0.2, 0.25) is 0 Å². The number of thiophene rings is 1. The highest BCUT2D eigenvalue weighted by molar-refractivity contribution is 7.09.